The maximum absolute atomic E-state index is 12.6. The number of hydrogen-bond acceptors (Lipinski definition) is 4. The van der Waals surface area contributed by atoms with E-state index in [1.54, 1.807) is 22.8 Å². The van der Waals surface area contributed by atoms with Gasteiger partial charge in [0.2, 0.25) is 5.91 Å². The number of aromatic nitrogens is 1. The highest BCUT2D eigenvalue weighted by molar-refractivity contribution is 5.93. The highest BCUT2D eigenvalue weighted by Crippen LogP contribution is 2.20. The fraction of sp³-hybridized carbons (Fsp3) is 0.353. The zero-order valence-electron chi connectivity index (χ0n) is 13.1. The van der Waals surface area contributed by atoms with Gasteiger partial charge >= 0.3 is 0 Å². The number of benzene rings is 1. The molecule has 2 heterocycles. The Morgan fingerprint density at radius 3 is 2.48 bits per heavy atom. The minimum Gasteiger partial charge on any atom is -0.355 e. The van der Waals surface area contributed by atoms with Gasteiger partial charge in [-0.15, -0.1) is 0 Å². The summed E-state index contributed by atoms with van der Waals surface area (Å²) in [5.74, 6) is 0.475. The van der Waals surface area contributed by atoms with E-state index in [0.717, 1.165) is 12.0 Å². The van der Waals surface area contributed by atoms with Crippen molar-refractivity contribution in [1.29, 1.82) is 0 Å². The molecule has 0 atom stereocenters. The van der Waals surface area contributed by atoms with Crippen LogP contribution in [-0.2, 0) is 4.79 Å². The van der Waals surface area contributed by atoms with Crippen molar-refractivity contribution in [3.63, 3.8) is 0 Å². The number of rotatable bonds is 2. The van der Waals surface area contributed by atoms with E-state index in [4.69, 9.17) is 4.52 Å². The van der Waals surface area contributed by atoms with Gasteiger partial charge in [0.15, 0.2) is 11.5 Å². The average Bonchev–Trinajstić information content (AvgIpc) is 2.92. The number of carbonyl (C=O) groups excluding carboxylic acids is 2. The zero-order chi connectivity index (χ0) is 16.2. The fourth-order valence-electron chi connectivity index (χ4n) is 2.71. The van der Waals surface area contributed by atoms with Gasteiger partial charge in [0.05, 0.1) is 0 Å². The summed E-state index contributed by atoms with van der Waals surface area (Å²) in [6, 6.07) is 11.2. The fourth-order valence-corrected chi connectivity index (χ4v) is 2.71. The SMILES string of the molecule is CC(=O)N1CCCN(C(=O)c2cc(-c3ccccc3)on2)CC1. The zero-order valence-corrected chi connectivity index (χ0v) is 13.1. The summed E-state index contributed by atoms with van der Waals surface area (Å²) in [4.78, 5) is 27.5. The molecule has 23 heavy (non-hydrogen) atoms. The topological polar surface area (TPSA) is 66.7 Å². The van der Waals surface area contributed by atoms with Crippen molar-refractivity contribution >= 4 is 11.8 Å². The smallest absolute Gasteiger partial charge is 0.276 e. The summed E-state index contributed by atoms with van der Waals surface area (Å²) < 4.78 is 5.29. The maximum Gasteiger partial charge on any atom is 0.276 e. The van der Waals surface area contributed by atoms with Crippen LogP contribution in [0.25, 0.3) is 11.3 Å². The van der Waals surface area contributed by atoms with Crippen molar-refractivity contribution < 1.29 is 14.1 Å². The molecule has 2 amide bonds. The molecule has 120 valence electrons. The van der Waals surface area contributed by atoms with Crippen LogP contribution in [0, 0.1) is 0 Å². The Morgan fingerprint density at radius 2 is 1.74 bits per heavy atom. The predicted octanol–water partition coefficient (Wildman–Crippen LogP) is 2.04. The van der Waals surface area contributed by atoms with E-state index in [9.17, 15) is 9.59 Å². The lowest BCUT2D eigenvalue weighted by Crippen LogP contribution is -2.36. The Labute approximate surface area is 134 Å². The first-order valence-corrected chi connectivity index (χ1v) is 7.72. The van der Waals surface area contributed by atoms with Gasteiger partial charge < -0.3 is 14.3 Å². The molecule has 0 spiro atoms. The number of amides is 2. The van der Waals surface area contributed by atoms with Gasteiger partial charge in [-0.25, -0.2) is 0 Å². The molecular weight excluding hydrogens is 294 g/mol. The molecule has 0 aliphatic carbocycles. The lowest BCUT2D eigenvalue weighted by Gasteiger charge is -2.20. The average molecular weight is 313 g/mol. The van der Waals surface area contributed by atoms with Gasteiger partial charge in [-0.1, -0.05) is 35.5 Å². The van der Waals surface area contributed by atoms with Crippen LogP contribution in [0.3, 0.4) is 0 Å². The third kappa shape index (κ3) is 3.41. The lowest BCUT2D eigenvalue weighted by molar-refractivity contribution is -0.128. The summed E-state index contributed by atoms with van der Waals surface area (Å²) in [6.45, 7) is 3.95. The summed E-state index contributed by atoms with van der Waals surface area (Å²) in [7, 11) is 0. The second-order valence-electron chi connectivity index (χ2n) is 5.59. The number of hydrogen-bond donors (Lipinski definition) is 0. The standard InChI is InChI=1S/C17H19N3O3/c1-13(21)19-8-5-9-20(11-10-19)17(22)15-12-16(23-18-15)14-6-3-2-4-7-14/h2-4,6-7,12H,5,8-11H2,1H3. The number of carbonyl (C=O) groups is 2. The van der Waals surface area contributed by atoms with Crippen molar-refractivity contribution in [2.24, 2.45) is 0 Å². The van der Waals surface area contributed by atoms with Gasteiger partial charge in [0, 0.05) is 44.7 Å². The summed E-state index contributed by atoms with van der Waals surface area (Å²) in [6.07, 6.45) is 0.773. The van der Waals surface area contributed by atoms with Crippen LogP contribution >= 0.6 is 0 Å². The van der Waals surface area contributed by atoms with Crippen molar-refractivity contribution in [1.82, 2.24) is 15.0 Å². The molecule has 0 bridgehead atoms. The Balaban J connectivity index is 1.71. The number of nitrogens with zero attached hydrogens (tertiary/aromatic N) is 3. The second kappa shape index (κ2) is 6.64. The first kappa shape index (κ1) is 15.3. The molecule has 6 nitrogen and oxygen atoms in total. The normalized spacial score (nSPS) is 15.3. The molecule has 1 aliphatic heterocycles. The Morgan fingerprint density at radius 1 is 1.04 bits per heavy atom. The van der Waals surface area contributed by atoms with Crippen molar-refractivity contribution in [3.05, 3.63) is 42.1 Å². The molecule has 6 heteroatoms. The Kier molecular flexibility index (Phi) is 4.41. The predicted molar refractivity (Wildman–Crippen MR) is 84.7 cm³/mol. The first-order valence-electron chi connectivity index (χ1n) is 7.72. The largest absolute Gasteiger partial charge is 0.355 e. The van der Waals surface area contributed by atoms with Crippen LogP contribution in [0.2, 0.25) is 0 Å². The van der Waals surface area contributed by atoms with Crippen molar-refractivity contribution in [2.75, 3.05) is 26.2 Å². The Hall–Kier alpha value is -2.63. The summed E-state index contributed by atoms with van der Waals surface area (Å²) >= 11 is 0. The third-order valence-electron chi connectivity index (χ3n) is 4.02. The van der Waals surface area contributed by atoms with E-state index in [0.29, 0.717) is 37.6 Å². The lowest BCUT2D eigenvalue weighted by atomic mass is 10.1. The molecule has 1 saturated heterocycles. The van der Waals surface area contributed by atoms with Gasteiger partial charge in [0.25, 0.3) is 5.91 Å². The molecule has 2 aromatic rings. The van der Waals surface area contributed by atoms with E-state index in [1.807, 2.05) is 30.3 Å². The molecular formula is C17H19N3O3. The summed E-state index contributed by atoms with van der Waals surface area (Å²) in [5, 5.41) is 3.91. The van der Waals surface area contributed by atoms with Gasteiger partial charge in [-0.3, -0.25) is 9.59 Å². The maximum atomic E-state index is 12.6. The van der Waals surface area contributed by atoms with E-state index < -0.39 is 0 Å². The van der Waals surface area contributed by atoms with Gasteiger partial charge in [-0.2, -0.15) is 0 Å². The van der Waals surface area contributed by atoms with Crippen LogP contribution in [0.1, 0.15) is 23.8 Å². The van der Waals surface area contributed by atoms with E-state index in [-0.39, 0.29) is 11.8 Å². The van der Waals surface area contributed by atoms with Crippen molar-refractivity contribution in [2.45, 2.75) is 13.3 Å². The highest BCUT2D eigenvalue weighted by Gasteiger charge is 2.23. The minimum atomic E-state index is -0.152. The molecule has 1 aliphatic rings. The summed E-state index contributed by atoms with van der Waals surface area (Å²) in [5.41, 5.74) is 1.19. The van der Waals surface area contributed by atoms with E-state index >= 15 is 0 Å². The van der Waals surface area contributed by atoms with E-state index in [1.165, 1.54) is 0 Å². The molecule has 0 saturated carbocycles. The monoisotopic (exact) mass is 313 g/mol. The minimum absolute atomic E-state index is 0.0482. The quantitative estimate of drug-likeness (QED) is 0.851. The van der Waals surface area contributed by atoms with Crippen LogP contribution in [-0.4, -0.2) is 52.9 Å². The van der Waals surface area contributed by atoms with Crippen LogP contribution in [0.5, 0.6) is 0 Å². The molecule has 3 rings (SSSR count). The van der Waals surface area contributed by atoms with E-state index in [2.05, 4.69) is 5.16 Å². The van der Waals surface area contributed by atoms with Gasteiger partial charge in [-0.05, 0) is 6.42 Å². The van der Waals surface area contributed by atoms with Crippen LogP contribution in [0.4, 0.5) is 0 Å². The third-order valence-corrected chi connectivity index (χ3v) is 4.02. The Bertz CT molecular complexity index is 696. The molecule has 1 fully saturated rings. The molecule has 1 aromatic heterocycles. The first-order chi connectivity index (χ1) is 11.1. The van der Waals surface area contributed by atoms with Crippen LogP contribution in [0.15, 0.2) is 40.9 Å². The molecule has 0 radical (unpaired) electrons. The van der Waals surface area contributed by atoms with Crippen LogP contribution < -0.4 is 0 Å². The molecule has 0 N–H and O–H groups in total. The molecule has 1 aromatic carbocycles. The second-order valence-corrected chi connectivity index (χ2v) is 5.59. The highest BCUT2D eigenvalue weighted by atomic mass is 16.5. The van der Waals surface area contributed by atoms with Crippen molar-refractivity contribution in [3.8, 4) is 11.3 Å². The molecule has 0 unspecified atom stereocenters. The van der Waals surface area contributed by atoms with Gasteiger partial charge in [0.1, 0.15) is 0 Å².